The van der Waals surface area contributed by atoms with Crippen LogP contribution in [0.3, 0.4) is 0 Å². The highest BCUT2D eigenvalue weighted by Gasteiger charge is 2.49. The molecule has 0 amide bonds. The monoisotopic (exact) mass is 263 g/mol. The quantitative estimate of drug-likeness (QED) is 0.866. The van der Waals surface area contributed by atoms with Gasteiger partial charge >= 0.3 is 5.97 Å². The molecule has 1 aromatic rings. The van der Waals surface area contributed by atoms with Gasteiger partial charge in [0.15, 0.2) is 0 Å². The molecule has 0 aromatic carbocycles. The Bertz CT molecular complexity index is 449. The van der Waals surface area contributed by atoms with Crippen LogP contribution in [-0.4, -0.2) is 32.6 Å². The Morgan fingerprint density at radius 2 is 2.32 bits per heavy atom. The van der Waals surface area contributed by atoms with Crippen molar-refractivity contribution in [3.63, 3.8) is 0 Å². The molecule has 19 heavy (non-hydrogen) atoms. The van der Waals surface area contributed by atoms with Gasteiger partial charge in [0.05, 0.1) is 5.69 Å². The molecule has 0 saturated carbocycles. The maximum atomic E-state index is 11.7. The number of rotatable bonds is 4. The second-order valence-electron chi connectivity index (χ2n) is 5.86. The van der Waals surface area contributed by atoms with E-state index in [0.29, 0.717) is 18.8 Å². The van der Waals surface area contributed by atoms with Gasteiger partial charge < -0.3 is 5.11 Å². The third kappa shape index (κ3) is 2.76. The van der Waals surface area contributed by atoms with Gasteiger partial charge in [0.25, 0.3) is 0 Å². The molecular formula is C14H21N3O2. The van der Waals surface area contributed by atoms with Gasteiger partial charge in [0.2, 0.25) is 0 Å². The third-order valence-corrected chi connectivity index (χ3v) is 3.81. The largest absolute Gasteiger partial charge is 0.480 e. The molecule has 0 aliphatic carbocycles. The van der Waals surface area contributed by atoms with Gasteiger partial charge in [0.1, 0.15) is 5.54 Å². The zero-order chi connectivity index (χ0) is 14.0. The van der Waals surface area contributed by atoms with E-state index in [-0.39, 0.29) is 12.0 Å². The van der Waals surface area contributed by atoms with E-state index in [1.54, 1.807) is 18.6 Å². The summed E-state index contributed by atoms with van der Waals surface area (Å²) < 4.78 is 0. The zero-order valence-electron chi connectivity index (χ0n) is 11.6. The van der Waals surface area contributed by atoms with E-state index >= 15 is 0 Å². The van der Waals surface area contributed by atoms with Gasteiger partial charge in [-0.2, -0.15) is 0 Å². The Kier molecular flexibility index (Phi) is 3.85. The Labute approximate surface area is 113 Å². The SMILES string of the molecule is CC(C)C[C@@]1(C(=O)O)C[C@H](c2cnccn2)[C@H](C)N1. The minimum absolute atomic E-state index is 0.0894. The molecule has 0 unspecified atom stereocenters. The van der Waals surface area contributed by atoms with Gasteiger partial charge in [-0.3, -0.25) is 20.1 Å². The molecule has 2 N–H and O–H groups in total. The van der Waals surface area contributed by atoms with E-state index in [1.807, 2.05) is 20.8 Å². The van der Waals surface area contributed by atoms with E-state index in [9.17, 15) is 9.90 Å². The summed E-state index contributed by atoms with van der Waals surface area (Å²) in [5.41, 5.74) is 0.0323. The van der Waals surface area contributed by atoms with Crippen LogP contribution in [0.1, 0.15) is 45.2 Å². The highest BCUT2D eigenvalue weighted by molar-refractivity contribution is 5.79. The van der Waals surface area contributed by atoms with Crippen molar-refractivity contribution in [2.45, 2.75) is 51.1 Å². The second-order valence-corrected chi connectivity index (χ2v) is 5.86. The highest BCUT2D eigenvalue weighted by Crippen LogP contribution is 2.38. The molecule has 1 saturated heterocycles. The van der Waals surface area contributed by atoms with Crippen molar-refractivity contribution in [2.75, 3.05) is 0 Å². The standard InChI is InChI=1S/C14H21N3O2/c1-9(2)6-14(13(18)19)7-11(10(3)17-14)12-8-15-4-5-16-12/h4-5,8-11,17H,6-7H2,1-3H3,(H,18,19)/t10-,11-,14-/m0/s1. The molecule has 1 aromatic heterocycles. The molecule has 0 bridgehead atoms. The van der Waals surface area contributed by atoms with E-state index in [1.165, 1.54) is 0 Å². The summed E-state index contributed by atoms with van der Waals surface area (Å²) in [4.78, 5) is 20.1. The summed E-state index contributed by atoms with van der Waals surface area (Å²) in [7, 11) is 0. The van der Waals surface area contributed by atoms with E-state index in [0.717, 1.165) is 5.69 Å². The van der Waals surface area contributed by atoms with Crippen LogP contribution < -0.4 is 5.32 Å². The smallest absolute Gasteiger partial charge is 0.323 e. The Balaban J connectivity index is 2.25. The van der Waals surface area contributed by atoms with Gasteiger partial charge in [0, 0.05) is 30.6 Å². The van der Waals surface area contributed by atoms with Crippen LogP contribution in [0.5, 0.6) is 0 Å². The van der Waals surface area contributed by atoms with E-state index < -0.39 is 11.5 Å². The van der Waals surface area contributed by atoms with Crippen molar-refractivity contribution in [3.8, 4) is 0 Å². The number of carbonyl (C=O) groups is 1. The summed E-state index contributed by atoms with van der Waals surface area (Å²) in [5.74, 6) is -0.334. The molecule has 5 heteroatoms. The summed E-state index contributed by atoms with van der Waals surface area (Å²) in [5, 5.41) is 12.9. The highest BCUT2D eigenvalue weighted by atomic mass is 16.4. The molecule has 0 spiro atoms. The normalized spacial score (nSPS) is 30.7. The van der Waals surface area contributed by atoms with Crippen LogP contribution in [-0.2, 0) is 4.79 Å². The lowest BCUT2D eigenvalue weighted by atomic mass is 9.83. The maximum Gasteiger partial charge on any atom is 0.323 e. The lowest BCUT2D eigenvalue weighted by molar-refractivity contribution is -0.145. The lowest BCUT2D eigenvalue weighted by Crippen LogP contribution is -2.50. The van der Waals surface area contributed by atoms with Crippen molar-refractivity contribution in [3.05, 3.63) is 24.3 Å². The van der Waals surface area contributed by atoms with Crippen LogP contribution in [0.2, 0.25) is 0 Å². The number of carboxylic acid groups (broad SMARTS) is 1. The molecule has 104 valence electrons. The summed E-state index contributed by atoms with van der Waals surface area (Å²) >= 11 is 0. The summed E-state index contributed by atoms with van der Waals surface area (Å²) in [6.07, 6.45) is 6.22. The zero-order valence-corrected chi connectivity index (χ0v) is 11.6. The van der Waals surface area contributed by atoms with Gasteiger partial charge in [-0.15, -0.1) is 0 Å². The first kappa shape index (κ1) is 13.9. The Hall–Kier alpha value is -1.49. The summed E-state index contributed by atoms with van der Waals surface area (Å²) in [6, 6.07) is 0.0894. The Morgan fingerprint density at radius 3 is 2.84 bits per heavy atom. The minimum atomic E-state index is -0.838. The van der Waals surface area contributed by atoms with Crippen molar-refractivity contribution in [2.24, 2.45) is 5.92 Å². The van der Waals surface area contributed by atoms with Crippen LogP contribution in [0.15, 0.2) is 18.6 Å². The van der Waals surface area contributed by atoms with Crippen molar-refractivity contribution in [1.29, 1.82) is 0 Å². The predicted molar refractivity (Wildman–Crippen MR) is 71.8 cm³/mol. The molecule has 3 atom stereocenters. The van der Waals surface area contributed by atoms with Crippen molar-refractivity contribution >= 4 is 5.97 Å². The molecule has 1 aliphatic heterocycles. The number of nitrogens with one attached hydrogen (secondary N) is 1. The number of aliphatic carboxylic acids is 1. The molecule has 5 nitrogen and oxygen atoms in total. The molecule has 1 aliphatic rings. The lowest BCUT2D eigenvalue weighted by Gasteiger charge is -2.27. The fraction of sp³-hybridized carbons (Fsp3) is 0.643. The summed E-state index contributed by atoms with van der Waals surface area (Å²) in [6.45, 7) is 6.11. The van der Waals surface area contributed by atoms with Gasteiger partial charge in [-0.05, 0) is 25.7 Å². The number of aromatic nitrogens is 2. The Morgan fingerprint density at radius 1 is 1.58 bits per heavy atom. The van der Waals surface area contributed by atoms with Gasteiger partial charge in [-0.25, -0.2) is 0 Å². The fourth-order valence-electron chi connectivity index (χ4n) is 3.09. The average molecular weight is 263 g/mol. The van der Waals surface area contributed by atoms with Gasteiger partial charge in [-0.1, -0.05) is 13.8 Å². The number of nitrogens with zero attached hydrogens (tertiary/aromatic N) is 2. The van der Waals surface area contributed by atoms with Crippen LogP contribution in [0.25, 0.3) is 0 Å². The first-order valence-corrected chi connectivity index (χ1v) is 6.71. The predicted octanol–water partition coefficient (Wildman–Crippen LogP) is 1.81. The molecule has 2 rings (SSSR count). The maximum absolute atomic E-state index is 11.7. The van der Waals surface area contributed by atoms with E-state index in [4.69, 9.17) is 0 Å². The molecule has 0 radical (unpaired) electrons. The topological polar surface area (TPSA) is 75.1 Å². The molecular weight excluding hydrogens is 242 g/mol. The van der Waals surface area contributed by atoms with Crippen molar-refractivity contribution < 1.29 is 9.90 Å². The fourth-order valence-corrected chi connectivity index (χ4v) is 3.09. The molecule has 2 heterocycles. The average Bonchev–Trinajstić information content (AvgIpc) is 2.68. The number of carboxylic acids is 1. The van der Waals surface area contributed by atoms with Crippen molar-refractivity contribution in [1.82, 2.24) is 15.3 Å². The molecule has 1 fully saturated rings. The second kappa shape index (κ2) is 5.25. The minimum Gasteiger partial charge on any atom is -0.480 e. The van der Waals surface area contributed by atoms with Crippen LogP contribution in [0.4, 0.5) is 0 Å². The third-order valence-electron chi connectivity index (χ3n) is 3.81. The number of hydrogen-bond acceptors (Lipinski definition) is 4. The number of hydrogen-bond donors (Lipinski definition) is 2. The first-order chi connectivity index (χ1) is 8.94. The van der Waals surface area contributed by atoms with E-state index in [2.05, 4.69) is 15.3 Å². The van der Waals surface area contributed by atoms with Crippen LogP contribution in [0, 0.1) is 5.92 Å². The van der Waals surface area contributed by atoms with Crippen LogP contribution >= 0.6 is 0 Å². The first-order valence-electron chi connectivity index (χ1n) is 6.71.